The highest BCUT2D eigenvalue weighted by Crippen LogP contribution is 2.56. The molecule has 15 bridgehead atoms. The molecular weight excluding hydrogens is 1710 g/mol. The minimum absolute atomic E-state index is 0.0630. The number of nitrogens with two attached hydrogens (primary N) is 3. The zero-order valence-electron chi connectivity index (χ0n) is 72.2. The fourth-order valence-corrected chi connectivity index (χ4v) is 19.7. The van der Waals surface area contributed by atoms with Crippen LogP contribution in [0.15, 0.2) is 97.1 Å². The van der Waals surface area contributed by atoms with Gasteiger partial charge in [0.15, 0.2) is 35.4 Å². The number of carbonyl (C=O) groups excluding carboxylic acids is 9. The van der Waals surface area contributed by atoms with Crippen molar-refractivity contribution in [3.8, 4) is 57.1 Å². The van der Waals surface area contributed by atoms with Crippen LogP contribution in [-0.2, 0) is 58.4 Å². The third kappa shape index (κ3) is 19.3. The average molecular weight is 1820 g/mol. The Balaban J connectivity index is 0.920. The number of aryl methyl sites for hydroxylation is 1. The summed E-state index contributed by atoms with van der Waals surface area (Å²) < 4.78 is 51.4. The molecule has 130 heavy (non-hydrogen) atoms. The smallest absolute Gasteiger partial charge is 0.257 e. The largest absolute Gasteiger partial charge is 0.508 e. The Morgan fingerprint density at radius 1 is 0.669 bits per heavy atom. The van der Waals surface area contributed by atoms with Crippen LogP contribution in [0.3, 0.4) is 0 Å². The van der Waals surface area contributed by atoms with E-state index in [-0.39, 0.29) is 142 Å². The third-order valence-electron chi connectivity index (χ3n) is 26.0. The zero-order chi connectivity index (χ0) is 93.0. The second-order valence-corrected chi connectivity index (χ2v) is 36.4. The van der Waals surface area contributed by atoms with Gasteiger partial charge in [-0.2, -0.15) is 0 Å². The molecule has 4 saturated carbocycles. The molecule has 0 unspecified atom stereocenters. The van der Waals surface area contributed by atoms with Gasteiger partial charge >= 0.3 is 0 Å². The number of hydrogen-bond acceptors (Lipinski definition) is 30. The van der Waals surface area contributed by atoms with Crippen molar-refractivity contribution in [2.75, 3.05) is 40.0 Å². The van der Waals surface area contributed by atoms with Gasteiger partial charge in [0, 0.05) is 34.7 Å². The fraction of sp³-hybridized carbons (Fsp3) is 0.505. The van der Waals surface area contributed by atoms with E-state index in [1.807, 2.05) is 13.8 Å². The molecule has 12 aliphatic rings. The van der Waals surface area contributed by atoms with E-state index in [1.165, 1.54) is 94.5 Å². The van der Waals surface area contributed by atoms with E-state index in [4.69, 9.17) is 66.7 Å². The number of ether oxygens (including phenoxy) is 8. The van der Waals surface area contributed by atoms with E-state index in [1.54, 1.807) is 0 Å². The highest BCUT2D eigenvalue weighted by molar-refractivity contribution is 6.32. The Morgan fingerprint density at radius 2 is 1.31 bits per heavy atom. The van der Waals surface area contributed by atoms with Crippen molar-refractivity contribution in [1.82, 2.24) is 47.9 Å². The molecule has 7 heterocycles. The summed E-state index contributed by atoms with van der Waals surface area (Å²) in [6, 6.07) is 5.16. The number of likely N-dealkylation sites (N-methyl/N-ethyl adjacent to an activating group) is 1. The molecule has 698 valence electrons. The molecule has 0 radical (unpaired) electrons. The Labute approximate surface area is 752 Å². The van der Waals surface area contributed by atoms with Crippen molar-refractivity contribution in [1.29, 1.82) is 0 Å². The standard InChI is InChI=1S/C91H111ClN12O26/c1-38(2)21-56(96-6)82(114)103-72-74(108)44-10-14-58(39(3)22-44)126-62-31-49-32-63(78(62)130-89-79(77(111)76(110)64(37-105)128-89)129-66-36-90(5,95)80(112)40(4)125-66)127-59-15-11-45(29-55(59)92)75(109)73-88(120)102-71(86(118)99-68-47-24-41-23-42(26-47)27-48(68)25-41)52-33-50(106)34-54-67(52)51-28-43(9-13-53(51)91(54,121)122)69(84(116)104-73)101-85(117)70(49)100-83(115)57(97-87(72)119)35-65(107)98-81(113)46-12-16-60(123-19-7-17-93)61(30-46)124-20-8-18-94/h9-16,22,28-34,38,40-42,47-48,56-57,64,66,68-77,79-80,89,96,105-106,108-112,121-122H,7-8,17-21,23-27,35-37,93-95H2,1-6H3,(H,97,119)(H,99,118)(H,100,115)(H,101,117)(H,102,120)(H,103,114)(H,104,116)(H,98,107,113)/t40-,41?,42?,47?,48?,56+,57-,64+,66-,68?,69+,70+,71-,72+,73-,74+,75+,76+,77-,79+,80+,89-,90-/m0/s1. The zero-order valence-corrected chi connectivity index (χ0v) is 73.0. The Morgan fingerprint density at radius 3 is 1.95 bits per heavy atom. The van der Waals surface area contributed by atoms with Crippen LogP contribution >= 0.6 is 11.6 Å². The highest BCUT2D eigenvalue weighted by Gasteiger charge is 2.54. The van der Waals surface area contributed by atoms with Gasteiger partial charge in [0.1, 0.15) is 84.0 Å². The number of fused-ring (bicyclic) bond motifs is 12. The van der Waals surface area contributed by atoms with Crippen molar-refractivity contribution < 1.29 is 127 Å². The van der Waals surface area contributed by atoms with Crippen LogP contribution in [0.4, 0.5) is 0 Å². The van der Waals surface area contributed by atoms with Crippen molar-refractivity contribution in [3.05, 3.63) is 152 Å². The first-order chi connectivity index (χ1) is 61.9. The van der Waals surface area contributed by atoms with Crippen molar-refractivity contribution in [3.63, 3.8) is 0 Å². The van der Waals surface area contributed by atoms with E-state index in [0.717, 1.165) is 62.4 Å². The van der Waals surface area contributed by atoms with Gasteiger partial charge in [-0.15, -0.1) is 0 Å². The van der Waals surface area contributed by atoms with Crippen LogP contribution in [0.5, 0.6) is 46.0 Å². The number of carbonyl (C=O) groups is 9. The number of benzene rings is 6. The van der Waals surface area contributed by atoms with E-state index < -0.39 is 215 Å². The summed E-state index contributed by atoms with van der Waals surface area (Å²) in [6.45, 7) is 7.96. The summed E-state index contributed by atoms with van der Waals surface area (Å²) in [5.74, 6) is -15.5. The summed E-state index contributed by atoms with van der Waals surface area (Å²) in [6.07, 6.45) is -13.6. The number of amides is 9. The molecule has 39 heteroatoms. The third-order valence-corrected chi connectivity index (χ3v) is 26.3. The summed E-state index contributed by atoms with van der Waals surface area (Å²) in [5, 5.41) is 132. The number of halogens is 1. The molecule has 6 fully saturated rings. The average Bonchev–Trinajstić information content (AvgIpc) is 1.54. The maximum absolute atomic E-state index is 16.8. The quantitative estimate of drug-likeness (QED) is 0.0320. The molecule has 5 aliphatic carbocycles. The molecule has 18 atom stereocenters. The molecule has 9 amide bonds. The van der Waals surface area contributed by atoms with Crippen molar-refractivity contribution >= 4 is 64.8 Å². The van der Waals surface area contributed by atoms with Gasteiger partial charge in [-0.05, 0) is 239 Å². The van der Waals surface area contributed by atoms with Gasteiger partial charge in [-0.3, -0.25) is 48.5 Å². The van der Waals surface area contributed by atoms with E-state index >= 15 is 28.8 Å². The number of aliphatic hydroxyl groups is 8. The number of imide groups is 1. The normalized spacial score (nSPS) is 30.3. The molecule has 6 aromatic carbocycles. The van der Waals surface area contributed by atoms with E-state index in [9.17, 15) is 60.3 Å². The first kappa shape index (κ1) is 93.9. The summed E-state index contributed by atoms with van der Waals surface area (Å²) in [7, 11) is 1.49. The lowest BCUT2D eigenvalue weighted by molar-refractivity contribution is -0.333. The topological polar surface area (TPSA) is 596 Å². The predicted octanol–water partition coefficient (Wildman–Crippen LogP) is 1.63. The lowest BCUT2D eigenvalue weighted by atomic mass is 9.54. The van der Waals surface area contributed by atoms with Crippen LogP contribution in [0.25, 0.3) is 11.1 Å². The molecule has 38 nitrogen and oxygen atoms in total. The first-order valence-electron chi connectivity index (χ1n) is 43.7. The lowest BCUT2D eigenvalue weighted by Gasteiger charge is -2.54. The van der Waals surface area contributed by atoms with E-state index in [0.29, 0.717) is 24.7 Å². The molecule has 7 aliphatic heterocycles. The lowest BCUT2D eigenvalue weighted by Crippen LogP contribution is -2.64. The Kier molecular flexibility index (Phi) is 27.9. The van der Waals surface area contributed by atoms with Crippen molar-refractivity contribution in [2.24, 2.45) is 46.8 Å². The molecule has 6 aromatic rings. The first-order valence-corrected chi connectivity index (χ1v) is 44.1. The summed E-state index contributed by atoms with van der Waals surface area (Å²) in [4.78, 5) is 141. The molecule has 0 aromatic heterocycles. The minimum atomic E-state index is -3.00. The molecule has 0 spiro atoms. The number of nitrogens with one attached hydrogen (secondary N) is 9. The number of phenolic OH excluding ortho intramolecular Hbond substituents is 1. The predicted molar refractivity (Wildman–Crippen MR) is 460 cm³/mol. The van der Waals surface area contributed by atoms with Crippen LogP contribution in [0.1, 0.15) is 177 Å². The van der Waals surface area contributed by atoms with Crippen LogP contribution in [0, 0.1) is 36.5 Å². The summed E-state index contributed by atoms with van der Waals surface area (Å²) >= 11 is 7.34. The minimum Gasteiger partial charge on any atom is -0.508 e. The van der Waals surface area contributed by atoms with Gasteiger partial charge in [0.25, 0.3) is 5.91 Å². The highest BCUT2D eigenvalue weighted by atomic mass is 35.5. The molecular formula is C91H111ClN12O26. The SMILES string of the molecule is CN[C@H](CC(C)C)C(=O)N[C@H]1C(=O)N[C@@H](CC(=O)NC(=O)c2ccc(OCCCN)c(OCCCN)c2)C(=O)N[C@H]2C(=O)N[C@H]3C(=O)N[C@H](C(=O)N[C@H](C(=O)NC4C5CC6CC(C5)CC4C6)c4cc(O)cc5c4-c4cc3ccc4C5(O)O)[C@H](O)c3ccc(c(Cl)c3)Oc3cc2cc(c3O[C@@H]2O[C@H](CO)[C@@H](O)[C@H](O)[C@H]2O[C@H]2C[C@](C)(N)[C@H](O)[C@H](C)O2)Oc2ccc(cc2C)[C@H]1O. The molecule has 24 N–H and O–H groups in total. The summed E-state index contributed by atoms with van der Waals surface area (Å²) in [5.41, 5.74) is 14.6. The Hall–Kier alpha value is -10.8. The Bertz CT molecular complexity index is 5320. The van der Waals surface area contributed by atoms with Crippen LogP contribution in [0.2, 0.25) is 5.02 Å². The van der Waals surface area contributed by atoms with Gasteiger partial charge < -0.3 is 144 Å². The maximum atomic E-state index is 16.8. The second kappa shape index (κ2) is 38.6. The fourth-order valence-electron chi connectivity index (χ4n) is 19.5. The van der Waals surface area contributed by atoms with Gasteiger partial charge in [0.05, 0.1) is 49.5 Å². The number of rotatable bonds is 23. The molecule has 2 saturated heterocycles. The van der Waals surface area contributed by atoms with E-state index in [2.05, 4.69) is 47.9 Å². The monoisotopic (exact) mass is 1820 g/mol. The molecule has 18 rings (SSSR count). The van der Waals surface area contributed by atoms with Crippen LogP contribution in [-0.4, -0.2) is 224 Å². The van der Waals surface area contributed by atoms with Gasteiger partial charge in [-0.25, -0.2) is 0 Å². The second-order valence-electron chi connectivity index (χ2n) is 36.0. The van der Waals surface area contributed by atoms with Crippen LogP contribution < -0.4 is 88.7 Å². The number of aliphatic hydroxyl groups excluding tert-OH is 6. The number of aromatic hydroxyl groups is 1. The number of phenols is 1. The van der Waals surface area contributed by atoms with Gasteiger partial charge in [0.2, 0.25) is 65.1 Å². The van der Waals surface area contributed by atoms with Crippen molar-refractivity contribution in [2.45, 2.75) is 220 Å². The number of hydrogen-bond donors (Lipinski definition) is 21. The van der Waals surface area contributed by atoms with Gasteiger partial charge in [-0.1, -0.05) is 49.7 Å². The maximum Gasteiger partial charge on any atom is 0.257 e.